The van der Waals surface area contributed by atoms with E-state index < -0.39 is 0 Å². The summed E-state index contributed by atoms with van der Waals surface area (Å²) in [7, 11) is 2.44. The molecule has 1 N–H and O–H groups in total. The number of phenolic OH excluding ortho intramolecular Hbond substituents is 1. The molecule has 0 aromatic heterocycles. The molecule has 2 fully saturated rings. The van der Waals surface area contributed by atoms with Crippen LogP contribution in [-0.4, -0.2) is 35.8 Å². The second-order valence-electron chi connectivity index (χ2n) is 8.05. The Bertz CT molecular complexity index is 610. The van der Waals surface area contributed by atoms with E-state index in [0.29, 0.717) is 11.2 Å². The zero-order valence-electron chi connectivity index (χ0n) is 13.7. The van der Waals surface area contributed by atoms with Crippen molar-refractivity contribution < 1.29 is 9.59 Å². The average molecular weight is 298 g/mol. The van der Waals surface area contributed by atoms with Crippen molar-refractivity contribution in [1.29, 1.82) is 0 Å². The van der Waals surface area contributed by atoms with Gasteiger partial charge in [0.1, 0.15) is 5.75 Å². The van der Waals surface area contributed by atoms with Gasteiger partial charge in [0.05, 0.1) is 26.2 Å². The van der Waals surface area contributed by atoms with Crippen molar-refractivity contribution in [2.24, 2.45) is 5.92 Å². The second kappa shape index (κ2) is 4.86. The zero-order valence-corrected chi connectivity index (χ0v) is 13.7. The molecule has 2 heteroatoms. The number of quaternary nitrogens is 1. The summed E-state index contributed by atoms with van der Waals surface area (Å²) < 4.78 is 1.16. The van der Waals surface area contributed by atoms with E-state index in [1.807, 2.05) is 6.07 Å². The lowest BCUT2D eigenvalue weighted by molar-refractivity contribution is -0.940. The Morgan fingerprint density at radius 3 is 3.05 bits per heavy atom. The molecule has 2 unspecified atom stereocenters. The predicted octanol–water partition coefficient (Wildman–Crippen LogP) is 3.78. The Hall–Kier alpha value is -1.28. The molecule has 4 rings (SSSR count). The van der Waals surface area contributed by atoms with Crippen LogP contribution in [0.25, 0.3) is 0 Å². The molecule has 0 spiro atoms. The molecule has 1 aliphatic heterocycles. The number of hydrogen-bond donors (Lipinski definition) is 1. The van der Waals surface area contributed by atoms with Crippen LogP contribution in [0, 0.1) is 5.92 Å². The van der Waals surface area contributed by atoms with E-state index in [-0.39, 0.29) is 0 Å². The highest BCUT2D eigenvalue weighted by molar-refractivity contribution is 5.44. The maximum Gasteiger partial charge on any atom is 0.115 e. The quantitative estimate of drug-likeness (QED) is 0.651. The average Bonchev–Trinajstić information content (AvgIpc) is 2.52. The van der Waals surface area contributed by atoms with Gasteiger partial charge in [0, 0.05) is 24.2 Å². The van der Waals surface area contributed by atoms with Crippen LogP contribution in [-0.2, 0) is 11.8 Å². The Labute approximate surface area is 134 Å². The van der Waals surface area contributed by atoms with Crippen LogP contribution < -0.4 is 0 Å². The van der Waals surface area contributed by atoms with Gasteiger partial charge < -0.3 is 9.59 Å². The summed E-state index contributed by atoms with van der Waals surface area (Å²) in [6.07, 6.45) is 9.97. The standard InChI is InChI=1S/C20H27NO/c1-3-11-21(2)12-10-20-9-5-4-6-17(20)19(21)13-15-7-8-16(22)14-18(15)20/h3,7-8,14,17,19H,1,4-6,9-13H2,2H3/p+1/t17?,19-,20+,21?/m1/s1. The summed E-state index contributed by atoms with van der Waals surface area (Å²) in [5, 5.41) is 10.0. The molecular formula is C20H28NO+. The molecule has 1 aromatic rings. The monoisotopic (exact) mass is 298 g/mol. The van der Waals surface area contributed by atoms with E-state index in [2.05, 4.69) is 31.8 Å². The van der Waals surface area contributed by atoms with Crippen molar-refractivity contribution >= 4 is 0 Å². The fourth-order valence-electron chi connectivity index (χ4n) is 5.98. The molecule has 1 saturated carbocycles. The van der Waals surface area contributed by atoms with E-state index in [0.717, 1.165) is 23.0 Å². The molecule has 1 saturated heterocycles. The number of likely N-dealkylation sites (N-methyl/N-ethyl adjacent to an activating group) is 1. The second-order valence-corrected chi connectivity index (χ2v) is 8.05. The molecule has 22 heavy (non-hydrogen) atoms. The molecule has 0 radical (unpaired) electrons. The predicted molar refractivity (Wildman–Crippen MR) is 90.0 cm³/mol. The molecule has 1 heterocycles. The molecule has 4 atom stereocenters. The summed E-state index contributed by atoms with van der Waals surface area (Å²) in [5.74, 6) is 1.24. The molecule has 118 valence electrons. The van der Waals surface area contributed by atoms with Gasteiger partial charge in [-0.25, -0.2) is 0 Å². The first-order valence-corrected chi connectivity index (χ1v) is 8.87. The van der Waals surface area contributed by atoms with Gasteiger partial charge in [0.2, 0.25) is 0 Å². The van der Waals surface area contributed by atoms with Gasteiger partial charge >= 0.3 is 0 Å². The van der Waals surface area contributed by atoms with Crippen molar-refractivity contribution in [2.45, 2.75) is 50.0 Å². The zero-order chi connectivity index (χ0) is 15.4. The normalized spacial score (nSPS) is 39.7. The number of likely N-dealkylation sites (tertiary alicyclic amines) is 1. The molecule has 1 aromatic carbocycles. The maximum atomic E-state index is 10.0. The Kier molecular flexibility index (Phi) is 3.16. The fraction of sp³-hybridized carbons (Fsp3) is 0.600. The third-order valence-corrected chi connectivity index (χ3v) is 7.04. The minimum Gasteiger partial charge on any atom is -0.508 e. The van der Waals surface area contributed by atoms with Gasteiger partial charge in [0.25, 0.3) is 0 Å². The minimum atomic E-state index is 0.341. The first-order chi connectivity index (χ1) is 10.6. The van der Waals surface area contributed by atoms with Gasteiger partial charge in [-0.05, 0) is 42.2 Å². The lowest BCUT2D eigenvalue weighted by Crippen LogP contribution is -2.68. The number of aromatic hydroxyl groups is 1. The minimum absolute atomic E-state index is 0.341. The number of benzene rings is 1. The molecule has 0 amide bonds. The summed E-state index contributed by atoms with van der Waals surface area (Å²) in [4.78, 5) is 0. The third-order valence-electron chi connectivity index (χ3n) is 7.04. The summed E-state index contributed by atoms with van der Waals surface area (Å²) >= 11 is 0. The number of fused-ring (bicyclic) bond motifs is 1. The highest BCUT2D eigenvalue weighted by Gasteiger charge is 2.58. The third kappa shape index (κ3) is 1.83. The van der Waals surface area contributed by atoms with Gasteiger partial charge in [-0.15, -0.1) is 0 Å². The van der Waals surface area contributed by atoms with Crippen LogP contribution in [0.2, 0.25) is 0 Å². The maximum absolute atomic E-state index is 10.0. The van der Waals surface area contributed by atoms with E-state index in [1.54, 1.807) is 0 Å². The van der Waals surface area contributed by atoms with Crippen molar-refractivity contribution in [3.63, 3.8) is 0 Å². The van der Waals surface area contributed by atoms with Crippen LogP contribution in [0.3, 0.4) is 0 Å². The molecule has 2 aliphatic carbocycles. The Morgan fingerprint density at radius 1 is 1.36 bits per heavy atom. The summed E-state index contributed by atoms with van der Waals surface area (Å²) in [6.45, 7) is 6.36. The van der Waals surface area contributed by atoms with Crippen LogP contribution in [0.5, 0.6) is 5.75 Å². The number of rotatable bonds is 2. The lowest BCUT2D eigenvalue weighted by atomic mass is 9.52. The summed E-state index contributed by atoms with van der Waals surface area (Å²) in [5.41, 5.74) is 3.32. The van der Waals surface area contributed by atoms with E-state index in [4.69, 9.17) is 0 Å². The van der Waals surface area contributed by atoms with Gasteiger partial charge in [-0.3, -0.25) is 0 Å². The van der Waals surface area contributed by atoms with Crippen LogP contribution >= 0.6 is 0 Å². The smallest absolute Gasteiger partial charge is 0.115 e. The number of piperidine rings is 1. The van der Waals surface area contributed by atoms with Gasteiger partial charge in [-0.1, -0.05) is 25.5 Å². The molecular weight excluding hydrogens is 270 g/mol. The Balaban J connectivity index is 1.87. The molecule has 3 aliphatic rings. The van der Waals surface area contributed by atoms with Gasteiger partial charge in [0.15, 0.2) is 0 Å². The van der Waals surface area contributed by atoms with Crippen molar-refractivity contribution in [2.75, 3.05) is 20.1 Å². The number of nitrogens with zero attached hydrogens (tertiary/aromatic N) is 1. The first-order valence-electron chi connectivity index (χ1n) is 8.87. The van der Waals surface area contributed by atoms with E-state index in [1.165, 1.54) is 56.2 Å². The fourth-order valence-corrected chi connectivity index (χ4v) is 5.98. The number of phenols is 1. The Morgan fingerprint density at radius 2 is 2.23 bits per heavy atom. The molecule has 2 bridgehead atoms. The highest BCUT2D eigenvalue weighted by Crippen LogP contribution is 2.57. The van der Waals surface area contributed by atoms with Crippen LogP contribution in [0.4, 0.5) is 0 Å². The largest absolute Gasteiger partial charge is 0.508 e. The van der Waals surface area contributed by atoms with Crippen molar-refractivity contribution in [3.05, 3.63) is 42.0 Å². The number of hydrogen-bond acceptors (Lipinski definition) is 1. The van der Waals surface area contributed by atoms with Crippen LogP contribution in [0.1, 0.15) is 43.2 Å². The SMILES string of the molecule is C=CC[N+]1(C)CC[C@@]23CCCCC2[C@H]1Cc1ccc(O)cc13. The van der Waals surface area contributed by atoms with Crippen LogP contribution in [0.15, 0.2) is 30.9 Å². The van der Waals surface area contributed by atoms with E-state index in [9.17, 15) is 5.11 Å². The van der Waals surface area contributed by atoms with E-state index >= 15 is 0 Å². The van der Waals surface area contributed by atoms with Crippen molar-refractivity contribution in [3.8, 4) is 5.75 Å². The lowest BCUT2D eigenvalue weighted by Gasteiger charge is -2.61. The first kappa shape index (κ1) is 14.3. The summed E-state index contributed by atoms with van der Waals surface area (Å²) in [6, 6.07) is 6.89. The highest BCUT2D eigenvalue weighted by atomic mass is 16.3. The molecule has 2 nitrogen and oxygen atoms in total. The van der Waals surface area contributed by atoms with Gasteiger partial charge in [-0.2, -0.15) is 0 Å². The van der Waals surface area contributed by atoms with Crippen molar-refractivity contribution in [1.82, 2.24) is 0 Å². The topological polar surface area (TPSA) is 20.2 Å².